The Balaban J connectivity index is 1.61. The smallest absolute Gasteiger partial charge is 0.0585 e. The van der Waals surface area contributed by atoms with Crippen LogP contribution in [0.5, 0.6) is 0 Å². The second-order valence-electron chi connectivity index (χ2n) is 4.80. The largest absolute Gasteiger partial charge is 0.378 e. The molecule has 2 atom stereocenters. The quantitative estimate of drug-likeness (QED) is 0.527. The van der Waals surface area contributed by atoms with E-state index in [2.05, 4.69) is 24.3 Å². The highest BCUT2D eigenvalue weighted by molar-refractivity contribution is 6.20. The van der Waals surface area contributed by atoms with Crippen LogP contribution in [0.3, 0.4) is 0 Å². The van der Waals surface area contributed by atoms with Gasteiger partial charge in [0.2, 0.25) is 0 Å². The second kappa shape index (κ2) is 7.03. The van der Waals surface area contributed by atoms with Crippen molar-refractivity contribution in [1.29, 1.82) is 0 Å². The molecule has 1 aliphatic rings. The molecule has 1 aromatic carbocycles. The number of ether oxygens (including phenoxy) is 1. The van der Waals surface area contributed by atoms with Crippen molar-refractivity contribution in [3.05, 3.63) is 35.9 Å². The van der Waals surface area contributed by atoms with E-state index < -0.39 is 0 Å². The molecule has 0 aliphatic carbocycles. The molecule has 0 radical (unpaired) electrons. The lowest BCUT2D eigenvalue weighted by Gasteiger charge is -2.11. The maximum absolute atomic E-state index is 6.37. The zero-order valence-electron chi connectivity index (χ0n) is 10.3. The van der Waals surface area contributed by atoms with Crippen LogP contribution in [0, 0.1) is 0 Å². The van der Waals surface area contributed by atoms with Crippen LogP contribution in [0.1, 0.15) is 49.5 Å². The zero-order valence-corrected chi connectivity index (χ0v) is 11.0. The van der Waals surface area contributed by atoms with Gasteiger partial charge in [-0.3, -0.25) is 0 Å². The molecular formula is C15H21ClO. The Morgan fingerprint density at radius 3 is 2.76 bits per heavy atom. The first-order valence-corrected chi connectivity index (χ1v) is 7.10. The molecule has 94 valence electrons. The first kappa shape index (κ1) is 12.9. The summed E-state index contributed by atoms with van der Waals surface area (Å²) in [7, 11) is 0. The second-order valence-corrected chi connectivity index (χ2v) is 5.32. The maximum Gasteiger partial charge on any atom is 0.0585 e. The van der Waals surface area contributed by atoms with Crippen LogP contribution in [-0.2, 0) is 4.74 Å². The van der Waals surface area contributed by atoms with Gasteiger partial charge in [-0.1, -0.05) is 43.2 Å². The summed E-state index contributed by atoms with van der Waals surface area (Å²) in [5.74, 6) is 0. The molecule has 0 saturated carbocycles. The van der Waals surface area contributed by atoms with Gasteiger partial charge in [-0.05, 0) is 31.2 Å². The normalized spacial score (nSPS) is 21.6. The molecule has 1 nitrogen and oxygen atoms in total. The molecule has 1 aromatic rings. The molecule has 2 heteroatoms. The summed E-state index contributed by atoms with van der Waals surface area (Å²) >= 11 is 6.37. The molecule has 2 unspecified atom stereocenters. The van der Waals surface area contributed by atoms with Gasteiger partial charge in [0.25, 0.3) is 0 Å². The summed E-state index contributed by atoms with van der Waals surface area (Å²) in [5, 5.41) is 0.167. The Hall–Kier alpha value is -0.530. The van der Waals surface area contributed by atoms with Crippen molar-refractivity contribution in [3.8, 4) is 0 Å². The Morgan fingerprint density at radius 1 is 1.24 bits per heavy atom. The van der Waals surface area contributed by atoms with Gasteiger partial charge in [0.1, 0.15) is 0 Å². The minimum absolute atomic E-state index is 0.167. The highest BCUT2D eigenvalue weighted by Crippen LogP contribution is 2.27. The summed E-state index contributed by atoms with van der Waals surface area (Å²) in [5.41, 5.74) is 1.24. The average molecular weight is 253 g/mol. The maximum atomic E-state index is 6.37. The third-order valence-corrected chi connectivity index (χ3v) is 3.89. The monoisotopic (exact) mass is 252 g/mol. The van der Waals surface area contributed by atoms with E-state index in [0.29, 0.717) is 6.10 Å². The molecule has 1 aliphatic heterocycles. The fourth-order valence-electron chi connectivity index (χ4n) is 2.40. The Morgan fingerprint density at radius 2 is 2.06 bits per heavy atom. The molecular weight excluding hydrogens is 232 g/mol. The topological polar surface area (TPSA) is 9.23 Å². The number of alkyl halides is 1. The number of hydrogen-bond donors (Lipinski definition) is 0. The number of benzene rings is 1. The molecule has 1 saturated heterocycles. The molecule has 17 heavy (non-hydrogen) atoms. The number of rotatable bonds is 6. The highest BCUT2D eigenvalue weighted by atomic mass is 35.5. The minimum atomic E-state index is 0.167. The van der Waals surface area contributed by atoms with Gasteiger partial charge >= 0.3 is 0 Å². The molecule has 0 bridgehead atoms. The standard InChI is InChI=1S/C15H21ClO/c16-15(13-7-2-1-3-8-13)11-5-4-9-14-10-6-12-17-14/h1-3,7-8,14-15H,4-6,9-12H2. The molecule has 0 aromatic heterocycles. The fourth-order valence-corrected chi connectivity index (χ4v) is 2.70. The minimum Gasteiger partial charge on any atom is -0.378 e. The third kappa shape index (κ3) is 4.33. The fraction of sp³-hybridized carbons (Fsp3) is 0.600. The predicted molar refractivity (Wildman–Crippen MR) is 72.5 cm³/mol. The lowest BCUT2D eigenvalue weighted by Crippen LogP contribution is -2.04. The van der Waals surface area contributed by atoms with Crippen LogP contribution < -0.4 is 0 Å². The van der Waals surface area contributed by atoms with Gasteiger partial charge in [0.05, 0.1) is 11.5 Å². The van der Waals surface area contributed by atoms with Gasteiger partial charge in [0, 0.05) is 6.61 Å². The van der Waals surface area contributed by atoms with Crippen molar-refractivity contribution in [2.24, 2.45) is 0 Å². The van der Waals surface area contributed by atoms with Gasteiger partial charge in [-0.2, -0.15) is 0 Å². The highest BCUT2D eigenvalue weighted by Gasteiger charge is 2.15. The van der Waals surface area contributed by atoms with Crippen molar-refractivity contribution in [2.45, 2.75) is 50.0 Å². The Bertz CT molecular complexity index is 306. The molecule has 1 heterocycles. The lowest BCUT2D eigenvalue weighted by atomic mass is 10.0. The van der Waals surface area contributed by atoms with Crippen LogP contribution in [-0.4, -0.2) is 12.7 Å². The average Bonchev–Trinajstić information content (AvgIpc) is 2.88. The van der Waals surface area contributed by atoms with Crippen LogP contribution >= 0.6 is 11.6 Å². The summed E-state index contributed by atoms with van der Waals surface area (Å²) in [6, 6.07) is 10.4. The van der Waals surface area contributed by atoms with Crippen LogP contribution in [0.25, 0.3) is 0 Å². The van der Waals surface area contributed by atoms with E-state index in [9.17, 15) is 0 Å². The van der Waals surface area contributed by atoms with E-state index in [1.165, 1.54) is 37.7 Å². The van der Waals surface area contributed by atoms with Crippen molar-refractivity contribution in [1.82, 2.24) is 0 Å². The van der Waals surface area contributed by atoms with Gasteiger partial charge in [-0.15, -0.1) is 11.6 Å². The molecule has 0 spiro atoms. The van der Waals surface area contributed by atoms with E-state index in [-0.39, 0.29) is 5.38 Å². The van der Waals surface area contributed by atoms with Crippen molar-refractivity contribution >= 4 is 11.6 Å². The number of hydrogen-bond acceptors (Lipinski definition) is 1. The van der Waals surface area contributed by atoms with E-state index >= 15 is 0 Å². The van der Waals surface area contributed by atoms with Crippen molar-refractivity contribution in [2.75, 3.05) is 6.61 Å². The Labute approximate surface area is 109 Å². The first-order chi connectivity index (χ1) is 8.36. The van der Waals surface area contributed by atoms with E-state index in [4.69, 9.17) is 16.3 Å². The summed E-state index contributed by atoms with van der Waals surface area (Å²) < 4.78 is 5.61. The number of unbranched alkanes of at least 4 members (excludes halogenated alkanes) is 1. The SMILES string of the molecule is ClC(CCCCC1CCCO1)c1ccccc1. The Kier molecular flexibility index (Phi) is 5.34. The van der Waals surface area contributed by atoms with Crippen molar-refractivity contribution in [3.63, 3.8) is 0 Å². The van der Waals surface area contributed by atoms with E-state index in [0.717, 1.165) is 13.0 Å². The summed E-state index contributed by atoms with van der Waals surface area (Å²) in [4.78, 5) is 0. The van der Waals surface area contributed by atoms with Gasteiger partial charge in [0.15, 0.2) is 0 Å². The lowest BCUT2D eigenvalue weighted by molar-refractivity contribution is 0.102. The summed E-state index contributed by atoms with van der Waals surface area (Å²) in [6.45, 7) is 0.965. The third-order valence-electron chi connectivity index (χ3n) is 3.42. The van der Waals surface area contributed by atoms with Gasteiger partial charge in [-0.25, -0.2) is 0 Å². The van der Waals surface area contributed by atoms with Crippen molar-refractivity contribution < 1.29 is 4.74 Å². The zero-order chi connectivity index (χ0) is 11.9. The number of halogens is 1. The predicted octanol–water partition coefficient (Wildman–Crippen LogP) is 4.71. The van der Waals surface area contributed by atoms with E-state index in [1.807, 2.05) is 6.07 Å². The van der Waals surface area contributed by atoms with Crippen LogP contribution in [0.2, 0.25) is 0 Å². The van der Waals surface area contributed by atoms with Crippen LogP contribution in [0.15, 0.2) is 30.3 Å². The first-order valence-electron chi connectivity index (χ1n) is 6.67. The van der Waals surface area contributed by atoms with Gasteiger partial charge < -0.3 is 4.74 Å². The van der Waals surface area contributed by atoms with Crippen LogP contribution in [0.4, 0.5) is 0 Å². The molecule has 0 amide bonds. The van der Waals surface area contributed by atoms with E-state index in [1.54, 1.807) is 0 Å². The molecule has 1 fully saturated rings. The summed E-state index contributed by atoms with van der Waals surface area (Å²) in [6.07, 6.45) is 7.73. The molecule has 0 N–H and O–H groups in total. The molecule has 2 rings (SSSR count).